The molecular weight excluding hydrogens is 268 g/mol. The van der Waals surface area contributed by atoms with Crippen LogP contribution in [0.5, 0.6) is 11.5 Å². The van der Waals surface area contributed by atoms with E-state index in [1.165, 1.54) is 0 Å². The third-order valence-electron chi connectivity index (χ3n) is 3.95. The van der Waals surface area contributed by atoms with E-state index in [4.69, 9.17) is 9.47 Å². The first kappa shape index (κ1) is 13.7. The molecule has 2 aromatic rings. The summed E-state index contributed by atoms with van der Waals surface area (Å²) in [6.07, 6.45) is 3.88. The lowest BCUT2D eigenvalue weighted by atomic mass is 9.90. The fourth-order valence-corrected chi connectivity index (χ4v) is 2.88. The quantitative estimate of drug-likeness (QED) is 0.940. The number of hydrogen-bond acceptors (Lipinski definition) is 4. The lowest BCUT2D eigenvalue weighted by molar-refractivity contribution is 0.355. The normalized spacial score (nSPS) is 13.6. The summed E-state index contributed by atoms with van der Waals surface area (Å²) in [6.45, 7) is 0. The molecule has 1 N–H and O–H groups in total. The number of fused-ring (bicyclic) bond motifs is 1. The van der Waals surface area contributed by atoms with Gasteiger partial charge in [0.1, 0.15) is 0 Å². The number of aromatic nitrogens is 2. The number of H-pyrrole nitrogens is 1. The summed E-state index contributed by atoms with van der Waals surface area (Å²) >= 11 is 0. The monoisotopic (exact) mass is 286 g/mol. The van der Waals surface area contributed by atoms with Gasteiger partial charge in [0, 0.05) is 11.1 Å². The van der Waals surface area contributed by atoms with Crippen molar-refractivity contribution in [3.63, 3.8) is 0 Å². The fourth-order valence-electron chi connectivity index (χ4n) is 2.88. The van der Waals surface area contributed by atoms with Crippen molar-refractivity contribution in [2.75, 3.05) is 14.2 Å². The molecule has 0 bridgehead atoms. The fraction of sp³-hybridized carbons (Fsp3) is 0.375. The molecule has 0 spiro atoms. The Bertz CT molecular complexity index is 722. The second-order valence-corrected chi connectivity index (χ2v) is 5.14. The van der Waals surface area contributed by atoms with Crippen LogP contribution in [0, 0.1) is 0 Å². The van der Waals surface area contributed by atoms with Gasteiger partial charge >= 0.3 is 0 Å². The van der Waals surface area contributed by atoms with Crippen molar-refractivity contribution in [2.24, 2.45) is 0 Å². The average Bonchev–Trinajstić information content (AvgIpc) is 2.55. The van der Waals surface area contributed by atoms with E-state index in [9.17, 15) is 4.79 Å². The highest BCUT2D eigenvalue weighted by Crippen LogP contribution is 2.34. The Morgan fingerprint density at radius 3 is 2.48 bits per heavy atom. The molecule has 0 unspecified atom stereocenters. The first-order valence-electron chi connectivity index (χ1n) is 7.07. The average molecular weight is 286 g/mol. The van der Waals surface area contributed by atoms with Gasteiger partial charge in [-0.15, -0.1) is 0 Å². The topological polar surface area (TPSA) is 64.2 Å². The molecule has 3 rings (SSSR count). The summed E-state index contributed by atoms with van der Waals surface area (Å²) in [5.74, 6) is 1.34. The highest BCUT2D eigenvalue weighted by Gasteiger charge is 2.19. The SMILES string of the molecule is COc1ccc(-c2n[nH]c(=O)c3c2CCCC3)cc1OC. The van der Waals surface area contributed by atoms with Crippen molar-refractivity contribution in [2.45, 2.75) is 25.7 Å². The van der Waals surface area contributed by atoms with Crippen LogP contribution in [-0.4, -0.2) is 24.4 Å². The number of nitrogens with one attached hydrogen (secondary N) is 1. The van der Waals surface area contributed by atoms with Crippen LogP contribution in [0.25, 0.3) is 11.3 Å². The van der Waals surface area contributed by atoms with Gasteiger partial charge in [-0.3, -0.25) is 4.79 Å². The third-order valence-corrected chi connectivity index (χ3v) is 3.95. The van der Waals surface area contributed by atoms with Crippen molar-refractivity contribution in [1.29, 1.82) is 0 Å². The third kappa shape index (κ3) is 2.39. The minimum absolute atomic E-state index is 0.0612. The highest BCUT2D eigenvalue weighted by atomic mass is 16.5. The van der Waals surface area contributed by atoms with Crippen LogP contribution in [0.4, 0.5) is 0 Å². The molecule has 0 saturated carbocycles. The number of methoxy groups -OCH3 is 2. The van der Waals surface area contributed by atoms with E-state index in [0.717, 1.165) is 48.1 Å². The molecule has 1 heterocycles. The van der Waals surface area contributed by atoms with Crippen LogP contribution < -0.4 is 15.0 Å². The molecule has 0 atom stereocenters. The molecule has 21 heavy (non-hydrogen) atoms. The van der Waals surface area contributed by atoms with Gasteiger partial charge in [-0.05, 0) is 49.4 Å². The van der Waals surface area contributed by atoms with E-state index < -0.39 is 0 Å². The number of benzene rings is 1. The first-order chi connectivity index (χ1) is 10.2. The lowest BCUT2D eigenvalue weighted by Gasteiger charge is -2.18. The van der Waals surface area contributed by atoms with Gasteiger partial charge in [0.15, 0.2) is 11.5 Å². The Labute approximate surface area is 122 Å². The number of nitrogens with zero attached hydrogens (tertiary/aromatic N) is 1. The van der Waals surface area contributed by atoms with Gasteiger partial charge < -0.3 is 9.47 Å². The largest absolute Gasteiger partial charge is 0.493 e. The second-order valence-electron chi connectivity index (χ2n) is 5.14. The predicted molar refractivity (Wildman–Crippen MR) is 80.0 cm³/mol. The van der Waals surface area contributed by atoms with Crippen LogP contribution in [0.1, 0.15) is 24.0 Å². The molecule has 1 aliphatic carbocycles. The molecular formula is C16H18N2O3. The molecule has 1 aromatic heterocycles. The van der Waals surface area contributed by atoms with Crippen LogP contribution in [0.3, 0.4) is 0 Å². The van der Waals surface area contributed by atoms with E-state index in [1.807, 2.05) is 18.2 Å². The lowest BCUT2D eigenvalue weighted by Crippen LogP contribution is -2.21. The molecule has 1 aliphatic rings. The summed E-state index contributed by atoms with van der Waals surface area (Å²) in [5, 5.41) is 6.87. The van der Waals surface area contributed by atoms with Gasteiger partial charge in [0.25, 0.3) is 5.56 Å². The minimum Gasteiger partial charge on any atom is -0.493 e. The van der Waals surface area contributed by atoms with E-state index in [-0.39, 0.29) is 5.56 Å². The van der Waals surface area contributed by atoms with Crippen molar-refractivity contribution < 1.29 is 9.47 Å². The zero-order chi connectivity index (χ0) is 14.8. The maximum absolute atomic E-state index is 11.9. The van der Waals surface area contributed by atoms with Crippen LogP contribution in [0.15, 0.2) is 23.0 Å². The minimum atomic E-state index is -0.0612. The highest BCUT2D eigenvalue weighted by molar-refractivity contribution is 5.67. The maximum Gasteiger partial charge on any atom is 0.267 e. The van der Waals surface area contributed by atoms with E-state index in [0.29, 0.717) is 11.5 Å². The zero-order valence-corrected chi connectivity index (χ0v) is 12.2. The van der Waals surface area contributed by atoms with Gasteiger partial charge in [0.05, 0.1) is 19.9 Å². The molecule has 0 radical (unpaired) electrons. The Hall–Kier alpha value is -2.30. The molecule has 5 nitrogen and oxygen atoms in total. The zero-order valence-electron chi connectivity index (χ0n) is 12.2. The van der Waals surface area contributed by atoms with E-state index >= 15 is 0 Å². The molecule has 5 heteroatoms. The van der Waals surface area contributed by atoms with E-state index in [1.54, 1.807) is 14.2 Å². The van der Waals surface area contributed by atoms with Crippen LogP contribution in [-0.2, 0) is 12.8 Å². The Balaban J connectivity index is 2.15. The molecule has 0 aliphatic heterocycles. The van der Waals surface area contributed by atoms with Crippen molar-refractivity contribution >= 4 is 0 Å². The van der Waals surface area contributed by atoms with Crippen molar-refractivity contribution in [1.82, 2.24) is 10.2 Å². The smallest absolute Gasteiger partial charge is 0.267 e. The summed E-state index contributed by atoms with van der Waals surface area (Å²) in [4.78, 5) is 11.9. The van der Waals surface area contributed by atoms with Crippen molar-refractivity contribution in [3.05, 3.63) is 39.7 Å². The van der Waals surface area contributed by atoms with Crippen molar-refractivity contribution in [3.8, 4) is 22.8 Å². The standard InChI is InChI=1S/C16H18N2O3/c1-20-13-8-7-10(9-14(13)21-2)15-11-5-3-4-6-12(11)16(19)18-17-15/h7-9H,3-6H2,1-2H3,(H,18,19). The summed E-state index contributed by atoms with van der Waals surface area (Å²) in [7, 11) is 3.22. The molecule has 0 fully saturated rings. The van der Waals surface area contributed by atoms with Gasteiger partial charge in [0.2, 0.25) is 0 Å². The summed E-state index contributed by atoms with van der Waals surface area (Å²) < 4.78 is 10.6. The Morgan fingerprint density at radius 1 is 1.05 bits per heavy atom. The Morgan fingerprint density at radius 2 is 1.76 bits per heavy atom. The van der Waals surface area contributed by atoms with Crippen LogP contribution >= 0.6 is 0 Å². The number of ether oxygens (including phenoxy) is 2. The second kappa shape index (κ2) is 5.60. The Kier molecular flexibility index (Phi) is 3.64. The maximum atomic E-state index is 11.9. The van der Waals surface area contributed by atoms with Gasteiger partial charge in [-0.1, -0.05) is 0 Å². The van der Waals surface area contributed by atoms with Crippen LogP contribution in [0.2, 0.25) is 0 Å². The number of hydrogen-bond donors (Lipinski definition) is 1. The first-order valence-corrected chi connectivity index (χ1v) is 7.07. The molecule has 0 saturated heterocycles. The van der Waals surface area contributed by atoms with Gasteiger partial charge in [-0.2, -0.15) is 5.10 Å². The summed E-state index contributed by atoms with van der Waals surface area (Å²) in [6, 6.07) is 5.70. The summed E-state index contributed by atoms with van der Waals surface area (Å²) in [5.41, 5.74) is 3.65. The predicted octanol–water partition coefficient (Wildman–Crippen LogP) is 2.33. The molecule has 0 amide bonds. The van der Waals surface area contributed by atoms with E-state index in [2.05, 4.69) is 10.2 Å². The molecule has 110 valence electrons. The molecule has 1 aromatic carbocycles. The number of rotatable bonds is 3. The van der Waals surface area contributed by atoms with Gasteiger partial charge in [-0.25, -0.2) is 5.10 Å². The number of aromatic amines is 1.